The van der Waals surface area contributed by atoms with Crippen LogP contribution in [0.2, 0.25) is 0 Å². The molecule has 1 heterocycles. The molecule has 1 N–H and O–H groups in total. The molecular formula is C35H33N3O4S. The molecule has 1 aliphatic heterocycles. The summed E-state index contributed by atoms with van der Waals surface area (Å²) < 4.78 is 5.27. The van der Waals surface area contributed by atoms with Gasteiger partial charge < -0.3 is 10.1 Å². The highest BCUT2D eigenvalue weighted by molar-refractivity contribution is 8.14. The standard InChI is InChI=1S/C35H33N3O4S/c1-5-7-18-28(6-2)38-34(41)30(22-27-19-20-29(42-4)21-24(27)3)33(40)37-35(38)43-23-31(39)36-32(25-14-10-8-11-15-25)26-16-12-9-13-17-26/h5-22,32H,1,23H2,2-4H3,(H,36,39)/b18-7-,28-6+,30-22+. The van der Waals surface area contributed by atoms with Crippen LogP contribution in [0, 0.1) is 6.92 Å². The number of nitrogens with zero attached hydrogens (tertiary/aromatic N) is 2. The van der Waals surface area contributed by atoms with Gasteiger partial charge in [0.25, 0.3) is 11.8 Å². The summed E-state index contributed by atoms with van der Waals surface area (Å²) in [6, 6.07) is 24.4. The van der Waals surface area contributed by atoms with E-state index in [4.69, 9.17) is 4.74 Å². The molecule has 4 rings (SSSR count). The largest absolute Gasteiger partial charge is 0.497 e. The van der Waals surface area contributed by atoms with Gasteiger partial charge >= 0.3 is 0 Å². The quantitative estimate of drug-likeness (QED) is 0.168. The van der Waals surface area contributed by atoms with E-state index in [1.165, 1.54) is 4.90 Å². The van der Waals surface area contributed by atoms with Gasteiger partial charge in [0.2, 0.25) is 5.91 Å². The lowest BCUT2D eigenvalue weighted by molar-refractivity contribution is -0.126. The summed E-state index contributed by atoms with van der Waals surface area (Å²) in [6.45, 7) is 7.36. The summed E-state index contributed by atoms with van der Waals surface area (Å²) in [6.07, 6.45) is 8.26. The second-order valence-corrected chi connectivity index (χ2v) is 10.5. The first-order valence-corrected chi connectivity index (χ1v) is 14.7. The molecule has 0 bridgehead atoms. The zero-order valence-electron chi connectivity index (χ0n) is 24.3. The van der Waals surface area contributed by atoms with E-state index in [9.17, 15) is 14.4 Å². The molecule has 3 amide bonds. The highest BCUT2D eigenvalue weighted by Crippen LogP contribution is 2.28. The maximum atomic E-state index is 13.9. The van der Waals surface area contributed by atoms with Crippen LogP contribution in [0.5, 0.6) is 5.75 Å². The number of hydrogen-bond acceptors (Lipinski definition) is 5. The minimum absolute atomic E-state index is 0.0646. The van der Waals surface area contributed by atoms with Crippen LogP contribution in [0.15, 0.2) is 126 Å². The molecule has 0 fully saturated rings. The Morgan fingerprint density at radius 3 is 2.26 bits per heavy atom. The number of nitrogens with one attached hydrogen (secondary N) is 1. The Labute approximate surface area is 256 Å². The number of thioether (sulfide) groups is 1. The minimum atomic E-state index is -0.672. The van der Waals surface area contributed by atoms with E-state index in [1.54, 1.807) is 56.5 Å². The highest BCUT2D eigenvalue weighted by atomic mass is 32.2. The molecule has 0 saturated carbocycles. The number of amides is 3. The molecule has 8 heteroatoms. The smallest absolute Gasteiger partial charge is 0.285 e. The van der Waals surface area contributed by atoms with E-state index >= 15 is 0 Å². The zero-order chi connectivity index (χ0) is 30.8. The lowest BCUT2D eigenvalue weighted by atomic mass is 9.99. The average Bonchev–Trinajstić information content (AvgIpc) is 3.03. The van der Waals surface area contributed by atoms with Crippen LogP contribution < -0.4 is 10.1 Å². The normalized spacial score (nSPS) is 14.8. The molecule has 3 aromatic rings. The third kappa shape index (κ3) is 7.67. The molecule has 0 aliphatic carbocycles. The van der Waals surface area contributed by atoms with E-state index in [0.29, 0.717) is 17.0 Å². The maximum absolute atomic E-state index is 13.9. The third-order valence-electron chi connectivity index (χ3n) is 6.69. The molecule has 3 aromatic carbocycles. The minimum Gasteiger partial charge on any atom is -0.497 e. The Hall–Kier alpha value is -4.95. The number of carbonyl (C=O) groups excluding carboxylic acids is 3. The Balaban J connectivity index is 1.62. The predicted molar refractivity (Wildman–Crippen MR) is 173 cm³/mol. The van der Waals surface area contributed by atoms with E-state index in [2.05, 4.69) is 16.9 Å². The summed E-state index contributed by atoms with van der Waals surface area (Å²) in [4.78, 5) is 46.0. The van der Waals surface area contributed by atoms with Crippen LogP contribution >= 0.6 is 11.8 Å². The van der Waals surface area contributed by atoms with E-state index in [1.807, 2.05) is 73.7 Å². The zero-order valence-corrected chi connectivity index (χ0v) is 25.1. The van der Waals surface area contributed by atoms with Gasteiger partial charge in [0, 0.05) is 5.70 Å². The third-order valence-corrected chi connectivity index (χ3v) is 7.63. The molecule has 218 valence electrons. The topological polar surface area (TPSA) is 88.1 Å². The van der Waals surface area contributed by atoms with Crippen LogP contribution in [-0.2, 0) is 14.4 Å². The van der Waals surface area contributed by atoms with Gasteiger partial charge in [-0.2, -0.15) is 4.99 Å². The number of benzene rings is 3. The number of hydrogen-bond donors (Lipinski definition) is 1. The van der Waals surface area contributed by atoms with Gasteiger partial charge in [-0.15, -0.1) is 0 Å². The van der Waals surface area contributed by atoms with Crippen molar-refractivity contribution in [1.29, 1.82) is 0 Å². The van der Waals surface area contributed by atoms with Crippen molar-refractivity contribution in [2.45, 2.75) is 19.9 Å². The molecule has 43 heavy (non-hydrogen) atoms. The van der Waals surface area contributed by atoms with E-state index < -0.39 is 11.8 Å². The average molecular weight is 592 g/mol. The van der Waals surface area contributed by atoms with Crippen molar-refractivity contribution in [1.82, 2.24) is 10.2 Å². The number of allylic oxidation sites excluding steroid dienone is 4. The summed E-state index contributed by atoms with van der Waals surface area (Å²) >= 11 is 1.02. The first kappa shape index (κ1) is 31.0. The summed E-state index contributed by atoms with van der Waals surface area (Å²) in [5.74, 6) is -0.875. The Kier molecular flexibility index (Phi) is 10.7. The fourth-order valence-electron chi connectivity index (χ4n) is 4.49. The molecule has 1 aliphatic rings. The van der Waals surface area contributed by atoms with Crippen LogP contribution in [0.3, 0.4) is 0 Å². The van der Waals surface area contributed by atoms with Gasteiger partial charge in [0.1, 0.15) is 11.3 Å². The number of ether oxygens (including phenoxy) is 1. The van der Waals surface area contributed by atoms with Crippen LogP contribution in [0.1, 0.15) is 35.2 Å². The van der Waals surface area contributed by atoms with Crippen LogP contribution in [0.4, 0.5) is 0 Å². The summed E-state index contributed by atoms with van der Waals surface area (Å²) in [7, 11) is 1.58. The van der Waals surface area contributed by atoms with Gasteiger partial charge in [0.05, 0.1) is 18.9 Å². The predicted octanol–water partition coefficient (Wildman–Crippen LogP) is 6.40. The first-order valence-electron chi connectivity index (χ1n) is 13.7. The van der Waals surface area contributed by atoms with Gasteiger partial charge in [0.15, 0.2) is 5.17 Å². The first-order chi connectivity index (χ1) is 20.9. The molecule has 0 unspecified atom stereocenters. The lowest BCUT2D eigenvalue weighted by Gasteiger charge is -2.28. The molecule has 0 saturated heterocycles. The Morgan fingerprint density at radius 2 is 1.70 bits per heavy atom. The van der Waals surface area contributed by atoms with E-state index in [0.717, 1.165) is 28.5 Å². The maximum Gasteiger partial charge on any atom is 0.285 e. The van der Waals surface area contributed by atoms with Gasteiger partial charge in [-0.25, -0.2) is 0 Å². The monoisotopic (exact) mass is 591 g/mol. The highest BCUT2D eigenvalue weighted by Gasteiger charge is 2.35. The SMILES string of the molecule is C=C/C=C\C(=C/C)N1C(=O)/C(=C/c2ccc(OC)cc2C)C(=O)N=C1SCC(=O)NC(c1ccccc1)c1ccccc1. The van der Waals surface area contributed by atoms with Gasteiger partial charge in [-0.05, 0) is 60.4 Å². The van der Waals surface area contributed by atoms with Crippen LogP contribution in [-0.4, -0.2) is 40.7 Å². The van der Waals surface area contributed by atoms with E-state index in [-0.39, 0.29) is 28.4 Å². The molecular weight excluding hydrogens is 558 g/mol. The van der Waals surface area contributed by atoms with Crippen molar-refractivity contribution in [3.8, 4) is 5.75 Å². The molecule has 0 spiro atoms. The number of carbonyl (C=O) groups is 3. The molecule has 7 nitrogen and oxygen atoms in total. The van der Waals surface area contributed by atoms with Crippen LogP contribution in [0.25, 0.3) is 6.08 Å². The van der Waals surface area contributed by atoms with Crippen molar-refractivity contribution in [2.75, 3.05) is 12.9 Å². The van der Waals surface area contributed by atoms with Crippen molar-refractivity contribution in [3.63, 3.8) is 0 Å². The fourth-order valence-corrected chi connectivity index (χ4v) is 5.29. The number of aliphatic imine (C=N–C) groups is 1. The lowest BCUT2D eigenvalue weighted by Crippen LogP contribution is -2.42. The second kappa shape index (κ2) is 14.8. The second-order valence-electron chi connectivity index (χ2n) is 9.54. The summed E-state index contributed by atoms with van der Waals surface area (Å²) in [5.41, 5.74) is 3.81. The van der Waals surface area contributed by atoms with Gasteiger partial charge in [-0.1, -0.05) is 103 Å². The number of methoxy groups -OCH3 is 1. The molecule has 0 aromatic heterocycles. The number of rotatable bonds is 10. The van der Waals surface area contributed by atoms with Crippen molar-refractivity contribution >= 4 is 40.7 Å². The Bertz CT molecular complexity index is 1590. The Morgan fingerprint density at radius 1 is 1.05 bits per heavy atom. The van der Waals surface area contributed by atoms with Crippen molar-refractivity contribution < 1.29 is 19.1 Å². The number of amidine groups is 1. The van der Waals surface area contributed by atoms with Crippen molar-refractivity contribution in [2.24, 2.45) is 4.99 Å². The fraction of sp³-hybridized carbons (Fsp3) is 0.143. The van der Waals surface area contributed by atoms with Gasteiger partial charge in [-0.3, -0.25) is 19.3 Å². The summed E-state index contributed by atoms with van der Waals surface area (Å²) in [5, 5.41) is 3.21. The molecule has 0 atom stereocenters. The number of aryl methyl sites for hydroxylation is 1. The molecule has 0 radical (unpaired) electrons. The van der Waals surface area contributed by atoms with Crippen molar-refractivity contribution in [3.05, 3.63) is 143 Å².